The van der Waals surface area contributed by atoms with Crippen molar-refractivity contribution in [2.75, 3.05) is 10.6 Å². The van der Waals surface area contributed by atoms with Gasteiger partial charge in [-0.25, -0.2) is 0 Å². The fourth-order valence-electron chi connectivity index (χ4n) is 5.04. The van der Waals surface area contributed by atoms with E-state index < -0.39 is 16.2 Å². The van der Waals surface area contributed by atoms with Gasteiger partial charge in [0.1, 0.15) is 4.33 Å². The lowest BCUT2D eigenvalue weighted by atomic mass is 9.98. The number of ketones is 1. The number of nitrogens with one attached hydrogen (secondary N) is 2. The molecule has 2 N–H and O–H groups in total. The van der Waals surface area contributed by atoms with Gasteiger partial charge in [-0.2, -0.15) is 0 Å². The fourth-order valence-corrected chi connectivity index (χ4v) is 6.64. The first kappa shape index (κ1) is 30.7. The van der Waals surface area contributed by atoms with Crippen LogP contribution in [0.1, 0.15) is 44.1 Å². The molecule has 1 aliphatic carbocycles. The Labute approximate surface area is 270 Å². The number of rotatable bonds is 9. The molecule has 0 heterocycles. The Morgan fingerprint density at radius 3 is 2.14 bits per heavy atom. The van der Waals surface area contributed by atoms with E-state index in [0.29, 0.717) is 38.4 Å². The molecule has 0 saturated heterocycles. The molecule has 1 fully saturated rings. The molecular weight excluding hydrogens is 634 g/mol. The van der Waals surface area contributed by atoms with Crippen LogP contribution in [0.3, 0.4) is 0 Å². The van der Waals surface area contributed by atoms with Crippen LogP contribution in [0.5, 0.6) is 0 Å². The van der Waals surface area contributed by atoms with Gasteiger partial charge in [0.25, 0.3) is 0 Å². The van der Waals surface area contributed by atoms with E-state index in [0.717, 1.165) is 16.8 Å². The lowest BCUT2D eigenvalue weighted by Gasteiger charge is -2.12. The third-order valence-electron chi connectivity index (χ3n) is 7.43. The number of hydrogen-bond acceptors (Lipinski definition) is 3. The maximum absolute atomic E-state index is 13.3. The van der Waals surface area contributed by atoms with Crippen molar-refractivity contribution in [1.82, 2.24) is 0 Å². The summed E-state index contributed by atoms with van der Waals surface area (Å²) >= 11 is 31.7. The van der Waals surface area contributed by atoms with E-state index >= 15 is 0 Å². The molecule has 2 unspecified atom stereocenters. The van der Waals surface area contributed by atoms with Crippen LogP contribution < -0.4 is 10.6 Å². The molecule has 4 aromatic rings. The molecule has 1 aliphatic rings. The zero-order valence-electron chi connectivity index (χ0n) is 22.8. The van der Waals surface area contributed by atoms with Crippen molar-refractivity contribution in [1.29, 1.82) is 0 Å². The second-order valence-electron chi connectivity index (χ2n) is 10.6. The van der Waals surface area contributed by atoms with Crippen molar-refractivity contribution in [2.45, 2.75) is 37.1 Å². The van der Waals surface area contributed by atoms with Gasteiger partial charge in [-0.15, -0.1) is 23.2 Å². The number of hydrogen-bond donors (Lipinski definition) is 2. The first-order valence-electron chi connectivity index (χ1n) is 13.3. The number of aryl methyl sites for hydroxylation is 2. The van der Waals surface area contributed by atoms with Gasteiger partial charge in [0.2, 0.25) is 5.91 Å². The van der Waals surface area contributed by atoms with Gasteiger partial charge >= 0.3 is 0 Å². The van der Waals surface area contributed by atoms with Crippen LogP contribution in [0.15, 0.2) is 78.9 Å². The molecule has 2 atom stereocenters. The molecule has 4 nitrogen and oxygen atoms in total. The van der Waals surface area contributed by atoms with Crippen LogP contribution in [-0.2, 0) is 17.8 Å². The summed E-state index contributed by atoms with van der Waals surface area (Å²) in [5.74, 6) is -1.76. The average Bonchev–Trinajstić information content (AvgIpc) is 3.52. The molecule has 0 radical (unpaired) electrons. The first-order valence-corrected chi connectivity index (χ1v) is 15.2. The summed E-state index contributed by atoms with van der Waals surface area (Å²) in [5, 5.41) is 7.42. The van der Waals surface area contributed by atoms with Gasteiger partial charge < -0.3 is 10.6 Å². The highest BCUT2D eigenvalue weighted by atomic mass is 35.5. The Hall–Kier alpha value is -2.73. The number of halogens is 5. The van der Waals surface area contributed by atoms with Crippen molar-refractivity contribution < 1.29 is 9.59 Å². The van der Waals surface area contributed by atoms with Crippen LogP contribution in [0.4, 0.5) is 11.4 Å². The number of alkyl halides is 2. The smallest absolute Gasteiger partial charge is 0.231 e. The van der Waals surface area contributed by atoms with Gasteiger partial charge in [0, 0.05) is 45.9 Å². The van der Waals surface area contributed by atoms with E-state index in [1.807, 2.05) is 25.1 Å². The molecule has 5 rings (SSSR count). The minimum atomic E-state index is -1.32. The molecule has 1 saturated carbocycles. The van der Waals surface area contributed by atoms with E-state index in [-0.39, 0.29) is 18.1 Å². The SMILES string of the molecule is Cc1ccc(CNc2ccc(CC(=O)c3cc(NC(=O)C4C(c5cc(Cl)cc(Cl)c5)C4(Cl)Cl)ccc3Cl)c(C)c2)cc1. The van der Waals surface area contributed by atoms with Crippen molar-refractivity contribution in [3.8, 4) is 0 Å². The van der Waals surface area contributed by atoms with Crippen molar-refractivity contribution in [3.63, 3.8) is 0 Å². The predicted molar refractivity (Wildman–Crippen MR) is 175 cm³/mol. The van der Waals surface area contributed by atoms with Crippen molar-refractivity contribution in [3.05, 3.63) is 127 Å². The van der Waals surface area contributed by atoms with Crippen LogP contribution in [-0.4, -0.2) is 16.0 Å². The van der Waals surface area contributed by atoms with Crippen LogP contribution >= 0.6 is 58.0 Å². The molecule has 4 aromatic carbocycles. The molecule has 0 spiro atoms. The standard InChI is InChI=1S/C33H27Cl5N2O2/c1-18-3-5-20(6-4-18)17-39-25-8-7-21(19(2)11-25)14-29(41)27-16-26(9-10-28(27)36)40-32(42)31-30(33(31,37)38)22-12-23(34)15-24(35)13-22/h3-13,15-16,30-31,39H,14,17H2,1-2H3,(H,40,42). The zero-order valence-corrected chi connectivity index (χ0v) is 26.6. The Morgan fingerprint density at radius 1 is 0.810 bits per heavy atom. The highest BCUT2D eigenvalue weighted by Crippen LogP contribution is 2.65. The van der Waals surface area contributed by atoms with Gasteiger partial charge in [0.05, 0.1) is 10.9 Å². The maximum Gasteiger partial charge on any atom is 0.231 e. The number of carbonyl (C=O) groups is 2. The highest BCUT2D eigenvalue weighted by Gasteiger charge is 2.67. The molecule has 9 heteroatoms. The highest BCUT2D eigenvalue weighted by molar-refractivity contribution is 6.53. The summed E-state index contributed by atoms with van der Waals surface area (Å²) in [6.07, 6.45) is 0.161. The summed E-state index contributed by atoms with van der Waals surface area (Å²) in [5.41, 5.74) is 6.66. The van der Waals surface area contributed by atoms with Gasteiger partial charge in [0.15, 0.2) is 5.78 Å². The van der Waals surface area contributed by atoms with Crippen molar-refractivity contribution >= 4 is 81.1 Å². The molecule has 216 valence electrons. The average molecular weight is 661 g/mol. The minimum absolute atomic E-state index is 0.161. The van der Waals surface area contributed by atoms with Crippen LogP contribution in [0.25, 0.3) is 0 Å². The van der Waals surface area contributed by atoms with Crippen LogP contribution in [0.2, 0.25) is 15.1 Å². The predicted octanol–water partition coefficient (Wildman–Crippen LogP) is 9.83. The van der Waals surface area contributed by atoms with Gasteiger partial charge in [-0.3, -0.25) is 9.59 Å². The van der Waals surface area contributed by atoms with E-state index in [4.69, 9.17) is 58.0 Å². The third-order valence-corrected chi connectivity index (χ3v) is 9.13. The second kappa shape index (κ2) is 12.5. The molecule has 1 amide bonds. The monoisotopic (exact) mass is 658 g/mol. The number of amides is 1. The molecular formula is C33H27Cl5N2O2. The summed E-state index contributed by atoms with van der Waals surface area (Å²) in [4.78, 5) is 26.5. The molecule has 0 bridgehead atoms. The fraction of sp³-hybridized carbons (Fsp3) is 0.212. The minimum Gasteiger partial charge on any atom is -0.381 e. The van der Waals surface area contributed by atoms with E-state index in [2.05, 4.69) is 41.8 Å². The topological polar surface area (TPSA) is 58.2 Å². The Bertz CT molecular complexity index is 1650. The lowest BCUT2D eigenvalue weighted by Crippen LogP contribution is -2.17. The Balaban J connectivity index is 1.25. The molecule has 42 heavy (non-hydrogen) atoms. The summed E-state index contributed by atoms with van der Waals surface area (Å²) in [7, 11) is 0. The first-order chi connectivity index (χ1) is 19.9. The van der Waals surface area contributed by atoms with Gasteiger partial charge in [-0.1, -0.05) is 70.7 Å². The Morgan fingerprint density at radius 2 is 1.48 bits per heavy atom. The number of carbonyl (C=O) groups excluding carboxylic acids is 2. The summed E-state index contributed by atoms with van der Waals surface area (Å²) < 4.78 is -1.32. The Kier molecular flexibility index (Phi) is 9.13. The quantitative estimate of drug-likeness (QED) is 0.139. The zero-order chi connectivity index (χ0) is 30.2. The second-order valence-corrected chi connectivity index (χ2v) is 13.3. The largest absolute Gasteiger partial charge is 0.381 e. The normalized spacial score (nSPS) is 17.0. The summed E-state index contributed by atoms with van der Waals surface area (Å²) in [6, 6.07) is 24.1. The van der Waals surface area contributed by atoms with Crippen LogP contribution in [0, 0.1) is 19.8 Å². The molecule has 0 aromatic heterocycles. The van der Waals surface area contributed by atoms with E-state index in [1.165, 1.54) is 11.1 Å². The van der Waals surface area contributed by atoms with Gasteiger partial charge in [-0.05, 0) is 84.6 Å². The number of Topliss-reactive ketones (excluding diaryl/α,β-unsaturated/α-hetero) is 1. The van der Waals surface area contributed by atoms with Crippen molar-refractivity contribution in [2.24, 2.45) is 5.92 Å². The van der Waals surface area contributed by atoms with E-state index in [9.17, 15) is 9.59 Å². The number of anilines is 2. The molecule has 0 aliphatic heterocycles. The van der Waals surface area contributed by atoms with E-state index in [1.54, 1.807) is 36.4 Å². The third kappa shape index (κ3) is 6.90. The summed E-state index contributed by atoms with van der Waals surface area (Å²) in [6.45, 7) is 4.74. The number of benzene rings is 4. The lowest BCUT2D eigenvalue weighted by molar-refractivity contribution is -0.117. The maximum atomic E-state index is 13.3.